The first-order chi connectivity index (χ1) is 21.3. The van der Waals surface area contributed by atoms with Crippen molar-refractivity contribution in [1.29, 1.82) is 0 Å². The number of rotatable bonds is 8. The van der Waals surface area contributed by atoms with Gasteiger partial charge in [-0.2, -0.15) is 0 Å². The number of ether oxygens (including phenoxy) is 4. The molecule has 2 aromatic carbocycles. The normalized spacial score (nSPS) is 10.7. The number of hydrogen-bond acceptors (Lipinski definition) is 13. The number of hydrogen-bond donors (Lipinski definition) is 1. The maximum atomic E-state index is 6.02. The minimum absolute atomic E-state index is 0.241. The lowest BCUT2D eigenvalue weighted by Gasteiger charge is -2.15. The summed E-state index contributed by atoms with van der Waals surface area (Å²) < 4.78 is 25.9. The molecule has 0 fully saturated rings. The van der Waals surface area contributed by atoms with Gasteiger partial charge in [0.25, 0.3) is 0 Å². The Hall–Kier alpha value is -4.54. The van der Waals surface area contributed by atoms with Crippen molar-refractivity contribution in [3.8, 4) is 56.0 Å². The zero-order valence-electron chi connectivity index (χ0n) is 24.6. The molecular formula is C28H28BrN9O4S2. The van der Waals surface area contributed by atoms with E-state index in [4.69, 9.17) is 24.7 Å². The Morgan fingerprint density at radius 3 is 1.45 bits per heavy atom. The van der Waals surface area contributed by atoms with Gasteiger partial charge in [-0.15, -0.1) is 43.1 Å². The standard InChI is InChI=1S/C14H13BrN4O2S.C14H15N5O2S/c2*1-8-7-22-13(16-8)12-17-18-14(15)19(12)11-9(20-2)5-4-6-10(11)21-3/h4-7H,1-3H3;4-7H,1-3H3,(H2,15,18). The van der Waals surface area contributed by atoms with Crippen molar-refractivity contribution < 1.29 is 18.9 Å². The summed E-state index contributed by atoms with van der Waals surface area (Å²) in [5.74, 6) is 3.97. The average molecular weight is 699 g/mol. The molecule has 0 atom stereocenters. The second kappa shape index (κ2) is 13.4. The highest BCUT2D eigenvalue weighted by Gasteiger charge is 2.23. The van der Waals surface area contributed by atoms with Crippen LogP contribution in [0.2, 0.25) is 0 Å². The number of anilines is 1. The summed E-state index contributed by atoms with van der Waals surface area (Å²) in [4.78, 5) is 8.93. The fraction of sp³-hybridized carbons (Fsp3) is 0.214. The minimum Gasteiger partial charge on any atom is -0.494 e. The van der Waals surface area contributed by atoms with Gasteiger partial charge in [0.1, 0.15) is 34.4 Å². The summed E-state index contributed by atoms with van der Waals surface area (Å²) >= 11 is 6.43. The number of halogens is 1. The van der Waals surface area contributed by atoms with Gasteiger partial charge in [0.05, 0.1) is 28.4 Å². The van der Waals surface area contributed by atoms with E-state index in [2.05, 4.69) is 46.3 Å². The molecule has 6 rings (SSSR count). The number of nitrogen functional groups attached to an aromatic ring is 1. The monoisotopic (exact) mass is 697 g/mol. The molecule has 0 aliphatic rings. The summed E-state index contributed by atoms with van der Waals surface area (Å²) in [5.41, 5.74) is 9.26. The second-order valence-electron chi connectivity index (χ2n) is 8.96. The summed E-state index contributed by atoms with van der Waals surface area (Å²) in [7, 11) is 6.41. The van der Waals surface area contributed by atoms with Crippen LogP contribution in [0.15, 0.2) is 51.9 Å². The van der Waals surface area contributed by atoms with Crippen LogP contribution in [0.4, 0.5) is 5.95 Å². The predicted molar refractivity (Wildman–Crippen MR) is 173 cm³/mol. The van der Waals surface area contributed by atoms with Crippen LogP contribution in [0.1, 0.15) is 11.4 Å². The lowest BCUT2D eigenvalue weighted by molar-refractivity contribution is 0.391. The van der Waals surface area contributed by atoms with E-state index in [1.807, 2.05) is 65.6 Å². The molecule has 6 aromatic rings. The molecule has 44 heavy (non-hydrogen) atoms. The second-order valence-corrected chi connectivity index (χ2v) is 11.4. The third-order valence-electron chi connectivity index (χ3n) is 6.18. The molecule has 0 saturated heterocycles. The van der Waals surface area contributed by atoms with Crippen molar-refractivity contribution >= 4 is 44.6 Å². The van der Waals surface area contributed by atoms with Gasteiger partial charge in [0.2, 0.25) is 10.7 Å². The highest BCUT2D eigenvalue weighted by Crippen LogP contribution is 2.39. The van der Waals surface area contributed by atoms with Crippen molar-refractivity contribution in [2.24, 2.45) is 0 Å². The van der Waals surface area contributed by atoms with Gasteiger partial charge in [-0.05, 0) is 54.0 Å². The third kappa shape index (κ3) is 5.95. The zero-order valence-corrected chi connectivity index (χ0v) is 27.8. The highest BCUT2D eigenvalue weighted by molar-refractivity contribution is 9.10. The number of para-hydroxylation sites is 2. The lowest BCUT2D eigenvalue weighted by atomic mass is 10.2. The van der Waals surface area contributed by atoms with Gasteiger partial charge in [-0.25, -0.2) is 9.97 Å². The van der Waals surface area contributed by atoms with Crippen LogP contribution in [0.5, 0.6) is 23.0 Å². The first kappa shape index (κ1) is 30.9. The van der Waals surface area contributed by atoms with Crippen LogP contribution in [-0.2, 0) is 0 Å². The molecule has 0 aliphatic carbocycles. The Balaban J connectivity index is 0.000000175. The van der Waals surface area contributed by atoms with Crippen LogP contribution < -0.4 is 24.7 Å². The quantitative estimate of drug-likeness (QED) is 0.206. The molecule has 0 aliphatic heterocycles. The Morgan fingerprint density at radius 2 is 1.05 bits per heavy atom. The Bertz CT molecular complexity index is 1720. The Morgan fingerprint density at radius 1 is 0.636 bits per heavy atom. The molecule has 0 bridgehead atoms. The molecule has 4 heterocycles. The summed E-state index contributed by atoms with van der Waals surface area (Å²) in [6.07, 6.45) is 0. The molecule has 0 unspecified atom stereocenters. The van der Waals surface area contributed by atoms with Gasteiger partial charge in [-0.3, -0.25) is 9.13 Å². The van der Waals surface area contributed by atoms with Gasteiger partial charge in [0.15, 0.2) is 21.7 Å². The van der Waals surface area contributed by atoms with E-state index >= 15 is 0 Å². The molecule has 4 aromatic heterocycles. The first-order valence-electron chi connectivity index (χ1n) is 12.9. The van der Waals surface area contributed by atoms with E-state index in [0.29, 0.717) is 45.1 Å². The largest absolute Gasteiger partial charge is 0.494 e. The van der Waals surface area contributed by atoms with E-state index in [-0.39, 0.29) is 5.95 Å². The van der Waals surface area contributed by atoms with Crippen LogP contribution in [-0.4, -0.2) is 67.9 Å². The van der Waals surface area contributed by atoms with E-state index < -0.39 is 0 Å². The number of benzene rings is 2. The fourth-order valence-corrected chi connectivity index (χ4v) is 6.24. The number of aryl methyl sites for hydroxylation is 2. The van der Waals surface area contributed by atoms with Crippen molar-refractivity contribution in [2.45, 2.75) is 13.8 Å². The molecule has 2 N–H and O–H groups in total. The van der Waals surface area contributed by atoms with Crippen LogP contribution in [0.25, 0.3) is 33.0 Å². The number of methoxy groups -OCH3 is 4. The molecule has 0 radical (unpaired) electrons. The van der Waals surface area contributed by atoms with Gasteiger partial charge < -0.3 is 24.7 Å². The molecule has 0 spiro atoms. The lowest BCUT2D eigenvalue weighted by Crippen LogP contribution is -2.06. The Kier molecular flexibility index (Phi) is 9.41. The van der Waals surface area contributed by atoms with Gasteiger partial charge in [-0.1, -0.05) is 12.1 Å². The number of nitrogens with zero attached hydrogens (tertiary/aromatic N) is 8. The summed E-state index contributed by atoms with van der Waals surface area (Å²) in [5, 5.41) is 21.9. The zero-order chi connectivity index (χ0) is 31.4. The number of thiazole rings is 2. The molecule has 13 nitrogen and oxygen atoms in total. The first-order valence-corrected chi connectivity index (χ1v) is 15.5. The van der Waals surface area contributed by atoms with E-state index in [0.717, 1.165) is 27.1 Å². The van der Waals surface area contributed by atoms with Crippen LogP contribution in [0.3, 0.4) is 0 Å². The molecular weight excluding hydrogens is 670 g/mol. The highest BCUT2D eigenvalue weighted by atomic mass is 79.9. The number of nitrogens with two attached hydrogens (primary N) is 1. The van der Waals surface area contributed by atoms with E-state index in [1.165, 1.54) is 22.7 Å². The fourth-order valence-electron chi connectivity index (χ4n) is 4.27. The summed E-state index contributed by atoms with van der Waals surface area (Å²) in [6.45, 7) is 3.87. The molecule has 0 amide bonds. The van der Waals surface area contributed by atoms with Gasteiger partial charge >= 0.3 is 0 Å². The van der Waals surface area contributed by atoms with Crippen molar-refractivity contribution in [3.63, 3.8) is 0 Å². The van der Waals surface area contributed by atoms with E-state index in [1.54, 1.807) is 33.0 Å². The smallest absolute Gasteiger partial charge is 0.227 e. The predicted octanol–water partition coefficient (Wildman–Crippen LogP) is 5.78. The van der Waals surface area contributed by atoms with E-state index in [9.17, 15) is 0 Å². The molecule has 16 heteroatoms. The van der Waals surface area contributed by atoms with Crippen molar-refractivity contribution in [2.75, 3.05) is 34.2 Å². The van der Waals surface area contributed by atoms with Crippen LogP contribution >= 0.6 is 38.6 Å². The third-order valence-corrected chi connectivity index (χ3v) is 8.61. The average Bonchev–Trinajstić information content (AvgIpc) is 3.84. The van der Waals surface area contributed by atoms with Crippen LogP contribution in [0, 0.1) is 13.8 Å². The van der Waals surface area contributed by atoms with Gasteiger partial charge in [0, 0.05) is 22.1 Å². The number of aromatic nitrogens is 8. The maximum Gasteiger partial charge on any atom is 0.227 e. The van der Waals surface area contributed by atoms with Crippen molar-refractivity contribution in [1.82, 2.24) is 39.5 Å². The maximum absolute atomic E-state index is 6.02. The summed E-state index contributed by atoms with van der Waals surface area (Å²) in [6, 6.07) is 11.1. The molecule has 0 saturated carbocycles. The molecule has 228 valence electrons. The Labute approximate surface area is 269 Å². The van der Waals surface area contributed by atoms with Crippen molar-refractivity contribution in [3.05, 3.63) is 63.3 Å². The minimum atomic E-state index is 0.241. The topological polar surface area (TPSA) is 150 Å². The SMILES string of the molecule is COc1cccc(OC)c1-n1c(Br)nnc1-c1nc(C)cs1.COc1cccc(OC)c1-n1c(N)nnc1-c1nc(C)cs1.